The van der Waals surface area contributed by atoms with Gasteiger partial charge in [-0.1, -0.05) is 15.9 Å². The predicted molar refractivity (Wildman–Crippen MR) is 52.5 cm³/mol. The molecule has 0 atom stereocenters. The van der Waals surface area contributed by atoms with Crippen LogP contribution in [0.25, 0.3) is 0 Å². The van der Waals surface area contributed by atoms with Crippen molar-refractivity contribution in [2.75, 3.05) is 0 Å². The van der Waals surface area contributed by atoms with Crippen molar-refractivity contribution in [1.82, 2.24) is 4.98 Å². The lowest BCUT2D eigenvalue weighted by atomic mass is 10.1. The van der Waals surface area contributed by atoms with E-state index >= 15 is 0 Å². The molecule has 0 aliphatic heterocycles. The fourth-order valence-electron chi connectivity index (χ4n) is 1.12. The number of nitriles is 1. The predicted octanol–water partition coefficient (Wildman–Crippen LogP) is 2.28. The number of halogens is 3. The molecule has 3 nitrogen and oxygen atoms in total. The smallest absolute Gasteiger partial charge is 0.280 e. The number of pyridine rings is 1. The highest BCUT2D eigenvalue weighted by Gasteiger charge is 2.17. The summed E-state index contributed by atoms with van der Waals surface area (Å²) in [6, 6.07) is 3.08. The summed E-state index contributed by atoms with van der Waals surface area (Å²) in [7, 11) is 0. The summed E-state index contributed by atoms with van der Waals surface area (Å²) in [5, 5.41) is 17.8. The molecule has 80 valence electrons. The number of aromatic nitrogens is 1. The molecule has 0 saturated carbocycles. The molecular formula is C9H7BrF2N2O. The Labute approximate surface area is 93.5 Å². The van der Waals surface area contributed by atoms with Crippen LogP contribution in [0, 0.1) is 11.3 Å². The van der Waals surface area contributed by atoms with Gasteiger partial charge >= 0.3 is 0 Å². The van der Waals surface area contributed by atoms with E-state index in [0.717, 1.165) is 0 Å². The summed E-state index contributed by atoms with van der Waals surface area (Å²) in [4.78, 5) is 3.65. The highest BCUT2D eigenvalue weighted by Crippen LogP contribution is 2.24. The molecular weight excluding hydrogens is 270 g/mol. The quantitative estimate of drug-likeness (QED) is 0.862. The lowest BCUT2D eigenvalue weighted by molar-refractivity contribution is 0.141. The third-order valence-electron chi connectivity index (χ3n) is 1.84. The molecule has 1 aromatic rings. The second-order valence-electron chi connectivity index (χ2n) is 2.73. The maximum atomic E-state index is 12.5. The number of hydrogen-bond donors (Lipinski definition) is 1. The summed E-state index contributed by atoms with van der Waals surface area (Å²) < 4.78 is 25.0. The third kappa shape index (κ3) is 2.49. The minimum absolute atomic E-state index is 0.00810. The Hall–Kier alpha value is -1.06. The van der Waals surface area contributed by atoms with Gasteiger partial charge < -0.3 is 5.11 Å². The van der Waals surface area contributed by atoms with Crippen molar-refractivity contribution in [3.8, 4) is 6.07 Å². The van der Waals surface area contributed by atoms with Crippen molar-refractivity contribution in [3.63, 3.8) is 0 Å². The highest BCUT2D eigenvalue weighted by molar-refractivity contribution is 9.08. The zero-order valence-electron chi connectivity index (χ0n) is 7.54. The summed E-state index contributed by atoms with van der Waals surface area (Å²) >= 11 is 3.06. The van der Waals surface area contributed by atoms with E-state index in [4.69, 9.17) is 10.4 Å². The van der Waals surface area contributed by atoms with E-state index in [1.807, 2.05) is 6.07 Å². The number of rotatable bonds is 3. The molecule has 0 fully saturated rings. The normalized spacial score (nSPS) is 10.4. The fraction of sp³-hybridized carbons (Fsp3) is 0.333. The van der Waals surface area contributed by atoms with Gasteiger partial charge in [0.05, 0.1) is 17.9 Å². The Kier molecular flexibility index (Phi) is 4.12. The monoisotopic (exact) mass is 276 g/mol. The maximum absolute atomic E-state index is 12.5. The SMILES string of the molecule is N#Cc1cc(CO)c(C(F)F)nc1CBr. The summed E-state index contributed by atoms with van der Waals surface area (Å²) in [6.07, 6.45) is -2.75. The zero-order chi connectivity index (χ0) is 11.4. The van der Waals surface area contributed by atoms with Crippen molar-refractivity contribution >= 4 is 15.9 Å². The van der Waals surface area contributed by atoms with Gasteiger partial charge in [0.15, 0.2) is 0 Å². The molecule has 1 N–H and O–H groups in total. The van der Waals surface area contributed by atoms with Gasteiger partial charge in [-0.15, -0.1) is 0 Å². The molecule has 0 amide bonds. The minimum Gasteiger partial charge on any atom is -0.392 e. The van der Waals surface area contributed by atoms with Gasteiger partial charge in [-0.2, -0.15) is 5.26 Å². The molecule has 1 heterocycles. The molecule has 6 heteroatoms. The van der Waals surface area contributed by atoms with E-state index in [1.165, 1.54) is 6.07 Å². The first-order valence-corrected chi connectivity index (χ1v) is 5.14. The average molecular weight is 277 g/mol. The Morgan fingerprint density at radius 2 is 2.27 bits per heavy atom. The van der Waals surface area contributed by atoms with Crippen molar-refractivity contribution in [1.29, 1.82) is 5.26 Å². The second-order valence-corrected chi connectivity index (χ2v) is 3.29. The number of aliphatic hydroxyl groups excluding tert-OH is 1. The van der Waals surface area contributed by atoms with Crippen LogP contribution >= 0.6 is 15.9 Å². The summed E-state index contributed by atoms with van der Waals surface area (Å²) in [6.45, 7) is -0.552. The van der Waals surface area contributed by atoms with E-state index in [1.54, 1.807) is 0 Å². The van der Waals surface area contributed by atoms with E-state index in [2.05, 4.69) is 20.9 Å². The van der Waals surface area contributed by atoms with Crippen LogP contribution in [-0.4, -0.2) is 10.1 Å². The average Bonchev–Trinajstić information content (AvgIpc) is 2.26. The van der Waals surface area contributed by atoms with E-state index in [9.17, 15) is 8.78 Å². The first kappa shape index (κ1) is 12.0. The lowest BCUT2D eigenvalue weighted by Crippen LogP contribution is -2.04. The zero-order valence-corrected chi connectivity index (χ0v) is 9.13. The number of hydrogen-bond acceptors (Lipinski definition) is 3. The van der Waals surface area contributed by atoms with E-state index in [-0.39, 0.29) is 22.2 Å². The number of alkyl halides is 3. The largest absolute Gasteiger partial charge is 0.392 e. The first-order chi connectivity index (χ1) is 7.13. The molecule has 0 saturated heterocycles. The van der Waals surface area contributed by atoms with Crippen LogP contribution in [0.2, 0.25) is 0 Å². The minimum atomic E-state index is -2.75. The molecule has 0 unspecified atom stereocenters. The van der Waals surface area contributed by atoms with Gasteiger partial charge in [-0.25, -0.2) is 13.8 Å². The van der Waals surface area contributed by atoms with Gasteiger partial charge in [0.25, 0.3) is 6.43 Å². The summed E-state index contributed by atoms with van der Waals surface area (Å²) in [5.74, 6) is 0. The van der Waals surface area contributed by atoms with Gasteiger partial charge in [0.1, 0.15) is 11.8 Å². The van der Waals surface area contributed by atoms with Crippen molar-refractivity contribution in [2.45, 2.75) is 18.4 Å². The number of nitrogens with zero attached hydrogens (tertiary/aromatic N) is 2. The third-order valence-corrected chi connectivity index (χ3v) is 2.37. The molecule has 1 rings (SSSR count). The van der Waals surface area contributed by atoms with Gasteiger partial charge in [-0.05, 0) is 6.07 Å². The van der Waals surface area contributed by atoms with Crippen LogP contribution in [-0.2, 0) is 11.9 Å². The second kappa shape index (κ2) is 5.14. The van der Waals surface area contributed by atoms with Gasteiger partial charge in [0.2, 0.25) is 0 Å². The van der Waals surface area contributed by atoms with Crippen LogP contribution in [0.5, 0.6) is 0 Å². The van der Waals surface area contributed by atoms with E-state index in [0.29, 0.717) is 0 Å². The van der Waals surface area contributed by atoms with Crippen molar-refractivity contribution < 1.29 is 13.9 Å². The first-order valence-electron chi connectivity index (χ1n) is 4.01. The molecule has 15 heavy (non-hydrogen) atoms. The molecule has 0 radical (unpaired) electrons. The summed E-state index contributed by atoms with van der Waals surface area (Å²) in [5.41, 5.74) is -0.0254. The van der Waals surface area contributed by atoms with Gasteiger partial charge in [-0.3, -0.25) is 0 Å². The standard InChI is InChI=1S/C9H7BrF2N2O/c10-2-7-5(3-13)1-6(4-15)8(14-7)9(11)12/h1,9,15H,2,4H2. The molecule has 0 spiro atoms. The van der Waals surface area contributed by atoms with Crippen LogP contribution in [0.1, 0.15) is 28.9 Å². The molecule has 0 aromatic carbocycles. The van der Waals surface area contributed by atoms with E-state index < -0.39 is 18.7 Å². The Balaban J connectivity index is 3.36. The van der Waals surface area contributed by atoms with Crippen molar-refractivity contribution in [2.24, 2.45) is 0 Å². The molecule has 0 aliphatic carbocycles. The number of aliphatic hydroxyl groups is 1. The van der Waals surface area contributed by atoms with Gasteiger partial charge in [0, 0.05) is 10.9 Å². The van der Waals surface area contributed by atoms with Crippen LogP contribution in [0.3, 0.4) is 0 Å². The van der Waals surface area contributed by atoms with Crippen LogP contribution in [0.15, 0.2) is 6.07 Å². The lowest BCUT2D eigenvalue weighted by Gasteiger charge is -2.08. The topological polar surface area (TPSA) is 56.9 Å². The van der Waals surface area contributed by atoms with Crippen molar-refractivity contribution in [3.05, 3.63) is 28.6 Å². The van der Waals surface area contributed by atoms with Crippen LogP contribution in [0.4, 0.5) is 8.78 Å². The Morgan fingerprint density at radius 1 is 1.60 bits per heavy atom. The Bertz CT molecular complexity index is 404. The molecule has 0 bridgehead atoms. The Morgan fingerprint density at radius 3 is 2.67 bits per heavy atom. The van der Waals surface area contributed by atoms with Crippen LogP contribution < -0.4 is 0 Å². The maximum Gasteiger partial charge on any atom is 0.280 e. The fourth-order valence-corrected chi connectivity index (χ4v) is 1.55. The highest BCUT2D eigenvalue weighted by atomic mass is 79.9. The molecule has 0 aliphatic rings. The molecule has 1 aromatic heterocycles.